The first kappa shape index (κ1) is 9.02. The zero-order valence-electron chi connectivity index (χ0n) is 7.71. The van der Waals surface area contributed by atoms with Crippen LogP contribution in [0.1, 0.15) is 12.8 Å². The van der Waals surface area contributed by atoms with Gasteiger partial charge in [-0.3, -0.25) is 4.31 Å². The van der Waals surface area contributed by atoms with Gasteiger partial charge in [-0.15, -0.1) is 0 Å². The van der Waals surface area contributed by atoms with Crippen LogP contribution in [-0.2, 0) is 10.0 Å². The van der Waals surface area contributed by atoms with E-state index in [1.165, 1.54) is 10.6 Å². The van der Waals surface area contributed by atoms with Crippen molar-refractivity contribution in [1.82, 2.24) is 9.62 Å². The third-order valence-electron chi connectivity index (χ3n) is 2.91. The molecule has 0 bridgehead atoms. The fourth-order valence-electron chi connectivity index (χ4n) is 2.08. The Morgan fingerprint density at radius 1 is 1.62 bits per heavy atom. The molecule has 74 valence electrons. The van der Waals surface area contributed by atoms with E-state index < -0.39 is 10.0 Å². The van der Waals surface area contributed by atoms with Crippen molar-refractivity contribution in [3.8, 4) is 0 Å². The van der Waals surface area contributed by atoms with E-state index in [1.54, 1.807) is 0 Å². The van der Waals surface area contributed by atoms with Gasteiger partial charge in [-0.1, -0.05) is 6.58 Å². The van der Waals surface area contributed by atoms with Gasteiger partial charge >= 0.3 is 0 Å². The van der Waals surface area contributed by atoms with Crippen molar-refractivity contribution >= 4 is 10.0 Å². The normalized spacial score (nSPS) is 33.9. The molecular formula is C8H14N2O2S. The first-order valence-electron chi connectivity index (χ1n) is 4.38. The second-order valence-corrected chi connectivity index (χ2v) is 5.74. The number of hydrogen-bond donors (Lipinski definition) is 1. The van der Waals surface area contributed by atoms with Gasteiger partial charge in [0.2, 0.25) is 10.0 Å². The van der Waals surface area contributed by atoms with Crippen LogP contribution in [0.15, 0.2) is 12.3 Å². The molecule has 4 nitrogen and oxygen atoms in total. The molecule has 0 aliphatic carbocycles. The Hall–Kier alpha value is -0.550. The van der Waals surface area contributed by atoms with E-state index in [9.17, 15) is 8.42 Å². The fraction of sp³-hybridized carbons (Fsp3) is 0.750. The molecule has 2 aliphatic rings. The minimum atomic E-state index is -3.08. The minimum Gasteiger partial charge on any atom is -0.305 e. The second-order valence-electron chi connectivity index (χ2n) is 3.83. The molecule has 2 aliphatic heterocycles. The molecule has 0 amide bonds. The van der Waals surface area contributed by atoms with Crippen molar-refractivity contribution < 1.29 is 8.42 Å². The molecular weight excluding hydrogens is 188 g/mol. The summed E-state index contributed by atoms with van der Waals surface area (Å²) in [5.41, 5.74) is 0.621. The molecule has 0 radical (unpaired) electrons. The Bertz CT molecular complexity index is 341. The number of hydrogen-bond acceptors (Lipinski definition) is 3. The van der Waals surface area contributed by atoms with Gasteiger partial charge in [0, 0.05) is 5.70 Å². The third kappa shape index (κ3) is 1.18. The maximum atomic E-state index is 11.2. The van der Waals surface area contributed by atoms with Gasteiger partial charge in [-0.05, 0) is 19.4 Å². The molecule has 1 atom stereocenters. The van der Waals surface area contributed by atoms with Crippen molar-refractivity contribution in [2.75, 3.05) is 19.3 Å². The SMILES string of the molecule is C=C1N(S(C)(=O)=O)CC12CCCN2. The summed E-state index contributed by atoms with van der Waals surface area (Å²) in [6, 6.07) is 0. The van der Waals surface area contributed by atoms with E-state index in [0.717, 1.165) is 19.4 Å². The molecule has 13 heavy (non-hydrogen) atoms. The van der Waals surface area contributed by atoms with Crippen molar-refractivity contribution in [3.63, 3.8) is 0 Å². The Morgan fingerprint density at radius 3 is 2.69 bits per heavy atom. The molecule has 0 aromatic heterocycles. The summed E-state index contributed by atoms with van der Waals surface area (Å²) in [5, 5.41) is 3.32. The highest BCUT2D eigenvalue weighted by Crippen LogP contribution is 2.40. The highest BCUT2D eigenvalue weighted by molar-refractivity contribution is 7.88. The van der Waals surface area contributed by atoms with Gasteiger partial charge in [0.05, 0.1) is 18.3 Å². The predicted octanol–water partition coefficient (Wildman–Crippen LogP) is -0.103. The number of rotatable bonds is 1. The maximum absolute atomic E-state index is 11.2. The maximum Gasteiger partial charge on any atom is 0.232 e. The van der Waals surface area contributed by atoms with Crippen molar-refractivity contribution in [1.29, 1.82) is 0 Å². The van der Waals surface area contributed by atoms with E-state index in [1.807, 2.05) is 0 Å². The summed E-state index contributed by atoms with van der Waals surface area (Å²) < 4.78 is 23.8. The number of sulfonamides is 1. The van der Waals surface area contributed by atoms with Gasteiger partial charge in [-0.2, -0.15) is 0 Å². The minimum absolute atomic E-state index is 0.0942. The third-order valence-corrected chi connectivity index (χ3v) is 4.06. The molecule has 2 rings (SSSR count). The van der Waals surface area contributed by atoms with E-state index in [0.29, 0.717) is 12.2 Å². The number of nitrogens with one attached hydrogen (secondary N) is 1. The van der Waals surface area contributed by atoms with E-state index in [4.69, 9.17) is 0 Å². The highest BCUT2D eigenvalue weighted by atomic mass is 32.2. The van der Waals surface area contributed by atoms with E-state index in [-0.39, 0.29) is 5.54 Å². The van der Waals surface area contributed by atoms with Crippen LogP contribution in [0.3, 0.4) is 0 Å². The lowest BCUT2D eigenvalue weighted by molar-refractivity contribution is 0.214. The molecule has 0 aromatic carbocycles. The Labute approximate surface area is 78.7 Å². The second kappa shape index (κ2) is 2.48. The molecule has 2 saturated heterocycles. The average Bonchev–Trinajstić information content (AvgIpc) is 2.48. The van der Waals surface area contributed by atoms with Crippen LogP contribution in [0.2, 0.25) is 0 Å². The standard InChI is InChI=1S/C8H14N2O2S/c1-7-8(4-3-5-9-8)6-10(7)13(2,11)12/h9H,1,3-6H2,2H3. The molecule has 2 heterocycles. The van der Waals surface area contributed by atoms with E-state index >= 15 is 0 Å². The van der Waals surface area contributed by atoms with Gasteiger partial charge in [0.1, 0.15) is 0 Å². The van der Waals surface area contributed by atoms with Crippen LogP contribution in [0, 0.1) is 0 Å². The van der Waals surface area contributed by atoms with Crippen LogP contribution in [-0.4, -0.2) is 37.6 Å². The smallest absolute Gasteiger partial charge is 0.232 e. The predicted molar refractivity (Wildman–Crippen MR) is 50.7 cm³/mol. The molecule has 1 spiro atoms. The molecule has 2 fully saturated rings. The quantitative estimate of drug-likeness (QED) is 0.646. The van der Waals surface area contributed by atoms with E-state index in [2.05, 4.69) is 11.9 Å². The number of nitrogens with zero attached hydrogens (tertiary/aromatic N) is 1. The van der Waals surface area contributed by atoms with Gasteiger partial charge < -0.3 is 5.32 Å². The lowest BCUT2D eigenvalue weighted by Crippen LogP contribution is -2.65. The first-order chi connectivity index (χ1) is 5.96. The molecule has 0 aromatic rings. The molecule has 1 N–H and O–H groups in total. The van der Waals surface area contributed by atoms with Gasteiger partial charge in [0.25, 0.3) is 0 Å². The highest BCUT2D eigenvalue weighted by Gasteiger charge is 2.51. The summed E-state index contributed by atoms with van der Waals surface area (Å²) in [4.78, 5) is 0. The van der Waals surface area contributed by atoms with Crippen molar-refractivity contribution in [2.24, 2.45) is 0 Å². The van der Waals surface area contributed by atoms with Crippen LogP contribution in [0.4, 0.5) is 0 Å². The Balaban J connectivity index is 2.17. The first-order valence-corrected chi connectivity index (χ1v) is 6.23. The van der Waals surface area contributed by atoms with Crippen LogP contribution in [0.25, 0.3) is 0 Å². The summed E-state index contributed by atoms with van der Waals surface area (Å²) in [5.74, 6) is 0. The molecule has 5 heteroatoms. The summed E-state index contributed by atoms with van der Waals surface area (Å²) in [7, 11) is -3.08. The zero-order valence-corrected chi connectivity index (χ0v) is 8.52. The zero-order chi connectivity index (χ0) is 9.69. The van der Waals surface area contributed by atoms with Crippen LogP contribution >= 0.6 is 0 Å². The lowest BCUT2D eigenvalue weighted by Gasteiger charge is -2.49. The van der Waals surface area contributed by atoms with Crippen molar-refractivity contribution in [3.05, 3.63) is 12.3 Å². The summed E-state index contributed by atoms with van der Waals surface area (Å²) in [6.45, 7) is 5.36. The van der Waals surface area contributed by atoms with Gasteiger partial charge in [0.15, 0.2) is 0 Å². The van der Waals surface area contributed by atoms with Gasteiger partial charge in [-0.25, -0.2) is 8.42 Å². The van der Waals surface area contributed by atoms with Crippen molar-refractivity contribution in [2.45, 2.75) is 18.4 Å². The fourth-order valence-corrected chi connectivity index (χ4v) is 3.11. The monoisotopic (exact) mass is 202 g/mol. The average molecular weight is 202 g/mol. The summed E-state index contributed by atoms with van der Waals surface area (Å²) in [6.07, 6.45) is 3.34. The summed E-state index contributed by atoms with van der Waals surface area (Å²) >= 11 is 0. The Kier molecular flexibility index (Phi) is 1.72. The molecule has 1 unspecified atom stereocenters. The van der Waals surface area contributed by atoms with Crippen LogP contribution in [0.5, 0.6) is 0 Å². The largest absolute Gasteiger partial charge is 0.305 e. The topological polar surface area (TPSA) is 49.4 Å². The van der Waals surface area contributed by atoms with Crippen LogP contribution < -0.4 is 5.32 Å². The lowest BCUT2D eigenvalue weighted by atomic mass is 9.87. The Morgan fingerprint density at radius 2 is 2.31 bits per heavy atom. The molecule has 0 saturated carbocycles.